The number of ketones is 1. The highest BCUT2D eigenvalue weighted by Crippen LogP contribution is 2.31. The van der Waals surface area contributed by atoms with Crippen LogP contribution in [0.3, 0.4) is 0 Å². The van der Waals surface area contributed by atoms with Gasteiger partial charge in [0.2, 0.25) is 5.78 Å². The van der Waals surface area contributed by atoms with Gasteiger partial charge < -0.3 is 14.2 Å². The quantitative estimate of drug-likeness (QED) is 0.588. The summed E-state index contributed by atoms with van der Waals surface area (Å²) in [4.78, 5) is 24.6. The molecule has 6 heteroatoms. The van der Waals surface area contributed by atoms with E-state index in [1.54, 1.807) is 49.4 Å². The molecule has 1 aliphatic heterocycles. The number of esters is 1. The number of Topliss-reactive ketones (excluding diaryl/α,β-unsaturated/α-hetero) is 1. The minimum absolute atomic E-state index is 0.256. The van der Waals surface area contributed by atoms with Gasteiger partial charge in [-0.25, -0.2) is 4.79 Å². The van der Waals surface area contributed by atoms with Crippen LogP contribution in [0.15, 0.2) is 46.9 Å². The molecular formula is C18H15BrO5. The van der Waals surface area contributed by atoms with Gasteiger partial charge in [-0.1, -0.05) is 28.1 Å². The Morgan fingerprint density at radius 2 is 1.62 bits per heavy atom. The van der Waals surface area contributed by atoms with Crippen molar-refractivity contribution in [3.63, 3.8) is 0 Å². The maximum absolute atomic E-state index is 12.3. The van der Waals surface area contributed by atoms with E-state index in [1.807, 2.05) is 0 Å². The average molecular weight is 391 g/mol. The fourth-order valence-corrected chi connectivity index (χ4v) is 2.57. The highest BCUT2D eigenvalue weighted by atomic mass is 79.9. The van der Waals surface area contributed by atoms with Crippen molar-refractivity contribution in [1.29, 1.82) is 0 Å². The summed E-state index contributed by atoms with van der Waals surface area (Å²) < 4.78 is 17.0. The SMILES string of the molecule is C[C@H](OC(=O)c1ccc2c(c1)OCCO2)C(=O)c1ccc(Br)cc1. The maximum atomic E-state index is 12.3. The topological polar surface area (TPSA) is 61.8 Å². The van der Waals surface area contributed by atoms with Gasteiger partial charge in [-0.15, -0.1) is 0 Å². The molecule has 1 heterocycles. The highest BCUT2D eigenvalue weighted by molar-refractivity contribution is 9.10. The molecule has 0 aromatic heterocycles. The predicted octanol–water partition coefficient (Wildman–Crippen LogP) is 3.65. The van der Waals surface area contributed by atoms with Crippen LogP contribution in [-0.2, 0) is 4.74 Å². The lowest BCUT2D eigenvalue weighted by Crippen LogP contribution is -2.24. The van der Waals surface area contributed by atoms with Gasteiger partial charge in [0, 0.05) is 10.0 Å². The molecule has 0 aliphatic carbocycles. The summed E-state index contributed by atoms with van der Waals surface area (Å²) in [5.41, 5.74) is 0.801. The van der Waals surface area contributed by atoms with Gasteiger partial charge in [0.25, 0.3) is 0 Å². The van der Waals surface area contributed by atoms with Crippen LogP contribution < -0.4 is 9.47 Å². The molecule has 0 N–H and O–H groups in total. The van der Waals surface area contributed by atoms with Crippen molar-refractivity contribution in [3.8, 4) is 11.5 Å². The van der Waals surface area contributed by atoms with Crippen LogP contribution in [0.5, 0.6) is 11.5 Å². The Labute approximate surface area is 147 Å². The number of carbonyl (C=O) groups is 2. The van der Waals surface area contributed by atoms with Crippen LogP contribution in [0.2, 0.25) is 0 Å². The smallest absolute Gasteiger partial charge is 0.338 e. The summed E-state index contributed by atoms with van der Waals surface area (Å²) in [7, 11) is 0. The van der Waals surface area contributed by atoms with Crippen molar-refractivity contribution in [1.82, 2.24) is 0 Å². The second-order valence-electron chi connectivity index (χ2n) is 5.28. The molecule has 0 spiro atoms. The Morgan fingerprint density at radius 3 is 2.33 bits per heavy atom. The summed E-state index contributed by atoms with van der Waals surface area (Å²) in [6.45, 7) is 2.47. The molecule has 0 radical (unpaired) electrons. The zero-order chi connectivity index (χ0) is 17.1. The van der Waals surface area contributed by atoms with Crippen molar-refractivity contribution in [2.45, 2.75) is 13.0 Å². The molecule has 0 saturated carbocycles. The summed E-state index contributed by atoms with van der Waals surface area (Å²) >= 11 is 3.31. The molecule has 2 aromatic rings. The number of hydrogen-bond donors (Lipinski definition) is 0. The summed E-state index contributed by atoms with van der Waals surface area (Å²) in [6.07, 6.45) is -0.883. The van der Waals surface area contributed by atoms with Crippen molar-refractivity contribution < 1.29 is 23.8 Å². The molecule has 0 unspecified atom stereocenters. The van der Waals surface area contributed by atoms with E-state index in [9.17, 15) is 9.59 Å². The van der Waals surface area contributed by atoms with E-state index in [1.165, 1.54) is 0 Å². The summed E-state index contributed by atoms with van der Waals surface area (Å²) in [5.74, 6) is 0.262. The first kappa shape index (κ1) is 16.5. The van der Waals surface area contributed by atoms with Gasteiger partial charge in [0.15, 0.2) is 17.6 Å². The normalized spacial score (nSPS) is 13.9. The van der Waals surface area contributed by atoms with E-state index in [0.29, 0.717) is 35.8 Å². The number of ether oxygens (including phenoxy) is 3. The highest BCUT2D eigenvalue weighted by Gasteiger charge is 2.22. The molecule has 24 heavy (non-hydrogen) atoms. The lowest BCUT2D eigenvalue weighted by atomic mass is 10.1. The van der Waals surface area contributed by atoms with Gasteiger partial charge in [0.05, 0.1) is 5.56 Å². The fraction of sp³-hybridized carbons (Fsp3) is 0.222. The van der Waals surface area contributed by atoms with E-state index in [0.717, 1.165) is 4.47 Å². The number of halogens is 1. The molecule has 1 atom stereocenters. The first-order chi connectivity index (χ1) is 11.5. The first-order valence-electron chi connectivity index (χ1n) is 7.45. The lowest BCUT2D eigenvalue weighted by Gasteiger charge is -2.19. The van der Waals surface area contributed by atoms with Crippen LogP contribution in [0, 0.1) is 0 Å². The fourth-order valence-electron chi connectivity index (χ4n) is 2.30. The second-order valence-corrected chi connectivity index (χ2v) is 6.19. The Morgan fingerprint density at radius 1 is 1.00 bits per heavy atom. The molecule has 3 rings (SSSR count). The average Bonchev–Trinajstić information content (AvgIpc) is 2.61. The zero-order valence-corrected chi connectivity index (χ0v) is 14.5. The Bertz CT molecular complexity index is 769. The molecule has 0 saturated heterocycles. The number of carbonyl (C=O) groups excluding carboxylic acids is 2. The van der Waals surface area contributed by atoms with Crippen LogP contribution >= 0.6 is 15.9 Å². The van der Waals surface area contributed by atoms with Gasteiger partial charge in [-0.3, -0.25) is 4.79 Å². The standard InChI is InChI=1S/C18H15BrO5/c1-11(17(20)12-2-5-14(19)6-3-12)24-18(21)13-4-7-15-16(10-13)23-9-8-22-15/h2-7,10-11H,8-9H2,1H3/t11-/m0/s1. The number of rotatable bonds is 4. The van der Waals surface area contributed by atoms with E-state index >= 15 is 0 Å². The zero-order valence-electron chi connectivity index (χ0n) is 13.0. The molecule has 0 fully saturated rings. The molecule has 0 amide bonds. The molecule has 5 nitrogen and oxygen atoms in total. The summed E-state index contributed by atoms with van der Waals surface area (Å²) in [5, 5.41) is 0. The van der Waals surface area contributed by atoms with Gasteiger partial charge in [-0.2, -0.15) is 0 Å². The Kier molecular flexibility index (Phi) is 4.85. The van der Waals surface area contributed by atoms with Crippen LogP contribution in [0.4, 0.5) is 0 Å². The van der Waals surface area contributed by atoms with Crippen molar-refractivity contribution >= 4 is 27.7 Å². The van der Waals surface area contributed by atoms with E-state index in [-0.39, 0.29) is 5.78 Å². The molecule has 2 aromatic carbocycles. The number of benzene rings is 2. The third kappa shape index (κ3) is 3.59. The molecular weight excluding hydrogens is 376 g/mol. The van der Waals surface area contributed by atoms with Gasteiger partial charge in [0.1, 0.15) is 13.2 Å². The monoisotopic (exact) mass is 390 g/mol. The maximum Gasteiger partial charge on any atom is 0.338 e. The van der Waals surface area contributed by atoms with Crippen molar-refractivity contribution in [2.24, 2.45) is 0 Å². The van der Waals surface area contributed by atoms with Crippen LogP contribution in [0.25, 0.3) is 0 Å². The Balaban J connectivity index is 1.69. The van der Waals surface area contributed by atoms with Gasteiger partial charge >= 0.3 is 5.97 Å². The van der Waals surface area contributed by atoms with Crippen LogP contribution in [0.1, 0.15) is 27.6 Å². The summed E-state index contributed by atoms with van der Waals surface area (Å²) in [6, 6.07) is 11.7. The first-order valence-corrected chi connectivity index (χ1v) is 8.24. The van der Waals surface area contributed by atoms with Crippen molar-refractivity contribution in [3.05, 3.63) is 58.1 Å². The third-order valence-electron chi connectivity index (χ3n) is 3.56. The van der Waals surface area contributed by atoms with E-state index in [2.05, 4.69) is 15.9 Å². The minimum atomic E-state index is -0.883. The molecule has 1 aliphatic rings. The third-order valence-corrected chi connectivity index (χ3v) is 4.09. The number of hydrogen-bond acceptors (Lipinski definition) is 5. The van der Waals surface area contributed by atoms with E-state index < -0.39 is 12.1 Å². The van der Waals surface area contributed by atoms with Gasteiger partial charge in [-0.05, 0) is 37.3 Å². The largest absolute Gasteiger partial charge is 0.486 e. The number of fused-ring (bicyclic) bond motifs is 1. The lowest BCUT2D eigenvalue weighted by molar-refractivity contribution is 0.0318. The van der Waals surface area contributed by atoms with E-state index in [4.69, 9.17) is 14.2 Å². The van der Waals surface area contributed by atoms with Crippen LogP contribution in [-0.4, -0.2) is 31.1 Å². The second kappa shape index (κ2) is 7.05. The Hall–Kier alpha value is -2.34. The predicted molar refractivity (Wildman–Crippen MR) is 90.8 cm³/mol. The minimum Gasteiger partial charge on any atom is -0.486 e. The molecule has 0 bridgehead atoms. The van der Waals surface area contributed by atoms with Crippen molar-refractivity contribution in [2.75, 3.05) is 13.2 Å². The molecule has 124 valence electrons.